The summed E-state index contributed by atoms with van der Waals surface area (Å²) in [6, 6.07) is 15.6. The van der Waals surface area contributed by atoms with Crippen LogP contribution in [0.4, 0.5) is 20.6 Å². The molecular formula is C30H36FN5O3. The molecule has 3 aliphatic rings. The normalized spacial score (nSPS) is 22.5. The van der Waals surface area contributed by atoms with Crippen LogP contribution in [-0.2, 0) is 24.8 Å². The molecule has 0 N–H and O–H groups in total. The summed E-state index contributed by atoms with van der Waals surface area (Å²) in [7, 11) is 1.77. The first-order valence-electron chi connectivity index (χ1n) is 13.9. The summed E-state index contributed by atoms with van der Waals surface area (Å²) >= 11 is 0. The van der Waals surface area contributed by atoms with Gasteiger partial charge < -0.3 is 14.4 Å². The van der Waals surface area contributed by atoms with Crippen molar-refractivity contribution in [3.8, 4) is 5.88 Å². The van der Waals surface area contributed by atoms with Crippen molar-refractivity contribution >= 4 is 17.5 Å². The van der Waals surface area contributed by atoms with Crippen molar-refractivity contribution in [2.45, 2.75) is 19.9 Å². The summed E-state index contributed by atoms with van der Waals surface area (Å²) in [6.45, 7) is 8.09. The molecule has 39 heavy (non-hydrogen) atoms. The number of halogens is 1. The third-order valence-corrected chi connectivity index (χ3v) is 8.37. The third-order valence-electron chi connectivity index (χ3n) is 8.37. The van der Waals surface area contributed by atoms with Gasteiger partial charge in [0.05, 0.1) is 24.6 Å². The standard InChI is InChI=1S/C30H36FN5O3/c1-3-21-4-6-22(7-5-21)17-34-18-24-25(19-34)26(24)20-36(30(37)39-29-10-11-33(2)32-29)23-8-9-28(27(31)16-23)35-12-14-38-15-13-35/h4-11,16,24-26H,3,12-15,17-20H2,1-2H3. The highest BCUT2D eigenvalue weighted by Crippen LogP contribution is 2.52. The van der Waals surface area contributed by atoms with Gasteiger partial charge in [-0.3, -0.25) is 14.5 Å². The van der Waals surface area contributed by atoms with Crippen molar-refractivity contribution < 1.29 is 18.7 Å². The van der Waals surface area contributed by atoms with E-state index >= 15 is 4.39 Å². The molecule has 3 aromatic rings. The minimum Gasteiger partial charge on any atom is -0.389 e. The van der Waals surface area contributed by atoms with Crippen LogP contribution < -0.4 is 14.5 Å². The molecule has 9 heteroatoms. The van der Waals surface area contributed by atoms with Gasteiger partial charge in [-0.1, -0.05) is 31.2 Å². The number of rotatable bonds is 8. The van der Waals surface area contributed by atoms with Crippen molar-refractivity contribution in [1.82, 2.24) is 14.7 Å². The van der Waals surface area contributed by atoms with E-state index in [-0.39, 0.29) is 11.7 Å². The first-order chi connectivity index (χ1) is 19.0. The Bertz CT molecular complexity index is 1290. The molecule has 206 valence electrons. The van der Waals surface area contributed by atoms with Crippen molar-refractivity contribution in [3.63, 3.8) is 0 Å². The fourth-order valence-electron chi connectivity index (χ4n) is 6.09. The number of carbonyl (C=O) groups excluding carboxylic acids is 1. The molecule has 2 unspecified atom stereocenters. The molecule has 8 nitrogen and oxygen atoms in total. The molecule has 1 aromatic heterocycles. The van der Waals surface area contributed by atoms with E-state index in [9.17, 15) is 4.79 Å². The second kappa shape index (κ2) is 11.0. The minimum atomic E-state index is -0.537. The zero-order valence-electron chi connectivity index (χ0n) is 22.6. The van der Waals surface area contributed by atoms with Gasteiger partial charge >= 0.3 is 6.09 Å². The minimum absolute atomic E-state index is 0.231. The number of hydrogen-bond acceptors (Lipinski definition) is 6. The Morgan fingerprint density at radius 2 is 1.79 bits per heavy atom. The highest BCUT2D eigenvalue weighted by molar-refractivity contribution is 5.89. The predicted molar refractivity (Wildman–Crippen MR) is 148 cm³/mol. The van der Waals surface area contributed by atoms with Crippen molar-refractivity contribution in [3.05, 3.63) is 71.7 Å². The Labute approximate surface area is 228 Å². The molecule has 0 spiro atoms. The molecule has 3 fully saturated rings. The molecule has 1 aliphatic carbocycles. The lowest BCUT2D eigenvalue weighted by Crippen LogP contribution is -2.38. The number of hydrogen-bond donors (Lipinski definition) is 0. The van der Waals surface area contributed by atoms with Gasteiger partial charge in [-0.2, -0.15) is 0 Å². The summed E-state index contributed by atoms with van der Waals surface area (Å²) in [5, 5.41) is 4.18. The first-order valence-corrected chi connectivity index (χ1v) is 13.9. The number of likely N-dealkylation sites (tertiary alicyclic amines) is 1. The summed E-state index contributed by atoms with van der Waals surface area (Å²) in [4.78, 5) is 19.4. The van der Waals surface area contributed by atoms with E-state index in [1.807, 2.05) is 11.0 Å². The number of aromatic nitrogens is 2. The van der Waals surface area contributed by atoms with E-state index < -0.39 is 6.09 Å². The molecule has 2 aliphatic heterocycles. The van der Waals surface area contributed by atoms with E-state index in [1.165, 1.54) is 17.2 Å². The highest BCUT2D eigenvalue weighted by Gasteiger charge is 2.56. The molecule has 3 heterocycles. The molecule has 0 bridgehead atoms. The Hall–Kier alpha value is -3.43. The lowest BCUT2D eigenvalue weighted by Gasteiger charge is -2.30. The van der Waals surface area contributed by atoms with Crippen LogP contribution >= 0.6 is 0 Å². The van der Waals surface area contributed by atoms with Crippen LogP contribution in [0.15, 0.2) is 54.7 Å². The van der Waals surface area contributed by atoms with Gasteiger partial charge in [0.2, 0.25) is 5.88 Å². The molecule has 2 aromatic carbocycles. The number of ether oxygens (including phenoxy) is 2. The number of fused-ring (bicyclic) bond motifs is 1. The number of piperidine rings is 1. The lowest BCUT2D eigenvalue weighted by molar-refractivity contribution is 0.122. The van der Waals surface area contributed by atoms with Crippen LogP contribution in [0, 0.1) is 23.6 Å². The Morgan fingerprint density at radius 1 is 1.08 bits per heavy atom. The Morgan fingerprint density at radius 3 is 2.44 bits per heavy atom. The topological polar surface area (TPSA) is 63.1 Å². The molecule has 0 radical (unpaired) electrons. The number of nitrogens with zero attached hydrogens (tertiary/aromatic N) is 5. The van der Waals surface area contributed by atoms with E-state index in [0.29, 0.717) is 62.0 Å². The first kappa shape index (κ1) is 25.8. The average molecular weight is 534 g/mol. The largest absolute Gasteiger partial charge is 0.421 e. The molecular weight excluding hydrogens is 497 g/mol. The van der Waals surface area contributed by atoms with Crippen LogP contribution in [0.1, 0.15) is 18.1 Å². The zero-order chi connectivity index (χ0) is 26.9. The van der Waals surface area contributed by atoms with E-state index in [0.717, 1.165) is 26.1 Å². The fourth-order valence-corrected chi connectivity index (χ4v) is 6.09. The molecule has 2 atom stereocenters. The van der Waals surface area contributed by atoms with Crippen LogP contribution in [0.5, 0.6) is 5.88 Å². The number of anilines is 2. The second-order valence-electron chi connectivity index (χ2n) is 10.9. The number of carbonyl (C=O) groups is 1. The van der Waals surface area contributed by atoms with Crippen LogP contribution in [0.3, 0.4) is 0 Å². The quantitative estimate of drug-likeness (QED) is 0.429. The van der Waals surface area contributed by atoms with Gasteiger partial charge in [-0.25, -0.2) is 9.18 Å². The van der Waals surface area contributed by atoms with Crippen molar-refractivity contribution in [2.24, 2.45) is 24.8 Å². The van der Waals surface area contributed by atoms with Gasteiger partial charge in [0.1, 0.15) is 5.82 Å². The maximum Gasteiger partial charge on any atom is 0.421 e. The van der Waals surface area contributed by atoms with Gasteiger partial charge in [-0.05, 0) is 53.5 Å². The van der Waals surface area contributed by atoms with Gasteiger partial charge in [-0.15, -0.1) is 5.10 Å². The second-order valence-corrected chi connectivity index (χ2v) is 10.9. The number of morpholine rings is 1. The van der Waals surface area contributed by atoms with Crippen molar-refractivity contribution in [2.75, 3.05) is 55.7 Å². The summed E-state index contributed by atoms with van der Waals surface area (Å²) in [5.41, 5.74) is 3.73. The van der Waals surface area contributed by atoms with E-state index in [1.54, 1.807) is 35.0 Å². The highest BCUT2D eigenvalue weighted by atomic mass is 19.1. The van der Waals surface area contributed by atoms with Crippen molar-refractivity contribution in [1.29, 1.82) is 0 Å². The summed E-state index contributed by atoms with van der Waals surface area (Å²) in [5.74, 6) is 1.31. The molecule has 6 rings (SSSR count). The molecule has 1 saturated carbocycles. The van der Waals surface area contributed by atoms with Gasteiger partial charge in [0, 0.05) is 58.6 Å². The average Bonchev–Trinajstić information content (AvgIpc) is 3.22. The Kier molecular flexibility index (Phi) is 7.27. The van der Waals surface area contributed by atoms with Crippen LogP contribution in [-0.4, -0.2) is 66.7 Å². The monoisotopic (exact) mass is 533 g/mol. The van der Waals surface area contributed by atoms with Crippen LogP contribution in [0.25, 0.3) is 0 Å². The molecule has 1 amide bonds. The summed E-state index contributed by atoms with van der Waals surface area (Å²) < 4.78 is 27.9. The van der Waals surface area contributed by atoms with Crippen LogP contribution in [0.2, 0.25) is 0 Å². The fraction of sp³-hybridized carbons (Fsp3) is 0.467. The third kappa shape index (κ3) is 5.65. The van der Waals surface area contributed by atoms with Gasteiger partial charge in [0.15, 0.2) is 0 Å². The molecule has 2 saturated heterocycles. The summed E-state index contributed by atoms with van der Waals surface area (Å²) in [6.07, 6.45) is 2.24. The Balaban J connectivity index is 1.14. The predicted octanol–water partition coefficient (Wildman–Crippen LogP) is 4.34. The SMILES string of the molecule is CCc1ccc(CN2CC3C(C2)C3CN(C(=O)Oc2ccn(C)n2)c2ccc(N3CCOCC3)c(F)c2)cc1. The van der Waals surface area contributed by atoms with Gasteiger partial charge in [0.25, 0.3) is 0 Å². The lowest BCUT2D eigenvalue weighted by atomic mass is 10.1. The number of amides is 1. The zero-order valence-corrected chi connectivity index (χ0v) is 22.6. The van der Waals surface area contributed by atoms with E-state index in [2.05, 4.69) is 41.2 Å². The maximum atomic E-state index is 15.3. The smallest absolute Gasteiger partial charge is 0.389 e. The number of aryl methyl sites for hydroxylation is 2. The van der Waals surface area contributed by atoms with E-state index in [4.69, 9.17) is 9.47 Å². The number of benzene rings is 2. The maximum absolute atomic E-state index is 15.3.